The summed E-state index contributed by atoms with van der Waals surface area (Å²) < 4.78 is 7.22. The van der Waals surface area contributed by atoms with E-state index in [9.17, 15) is 4.79 Å². The number of ether oxygens (including phenoxy) is 1. The van der Waals surface area contributed by atoms with Crippen molar-refractivity contribution in [2.75, 3.05) is 18.2 Å². The van der Waals surface area contributed by atoms with Gasteiger partial charge in [-0.2, -0.15) is 0 Å². The lowest BCUT2D eigenvalue weighted by Gasteiger charge is -2.11. The molecule has 1 N–H and O–H groups in total. The molecule has 4 rings (SSSR count). The van der Waals surface area contributed by atoms with E-state index in [4.69, 9.17) is 16.3 Å². The number of thiophene rings is 1. The van der Waals surface area contributed by atoms with Crippen molar-refractivity contribution in [3.05, 3.63) is 71.1 Å². The summed E-state index contributed by atoms with van der Waals surface area (Å²) in [6, 6.07) is 18.7. The minimum Gasteiger partial charge on any atom is -0.495 e. The Morgan fingerprint density at radius 1 is 1.13 bits per heavy atom. The molecule has 2 heterocycles. The maximum atomic E-state index is 12.5. The number of hydrogen-bond acceptors (Lipinski definition) is 6. The molecule has 0 spiro atoms. The van der Waals surface area contributed by atoms with Gasteiger partial charge in [0.15, 0.2) is 11.0 Å². The second-order valence-electron chi connectivity index (χ2n) is 6.13. The highest BCUT2D eigenvalue weighted by molar-refractivity contribution is 7.99. The Morgan fingerprint density at radius 3 is 2.67 bits per heavy atom. The SMILES string of the molecule is COc1ccccc1NC(=O)CSc1nnc(-c2cccs2)n1-c1ccc(Cl)cc1. The third-order valence-electron chi connectivity index (χ3n) is 4.17. The maximum Gasteiger partial charge on any atom is 0.234 e. The number of anilines is 1. The Kier molecular flexibility index (Phi) is 6.37. The van der Waals surface area contributed by atoms with Gasteiger partial charge in [-0.15, -0.1) is 21.5 Å². The number of benzene rings is 2. The molecular formula is C21H17ClN4O2S2. The highest BCUT2D eigenvalue weighted by Crippen LogP contribution is 2.31. The fourth-order valence-corrected chi connectivity index (χ4v) is 4.39. The van der Waals surface area contributed by atoms with Crippen molar-refractivity contribution < 1.29 is 9.53 Å². The van der Waals surface area contributed by atoms with E-state index in [2.05, 4.69) is 15.5 Å². The highest BCUT2D eigenvalue weighted by Gasteiger charge is 2.18. The summed E-state index contributed by atoms with van der Waals surface area (Å²) in [6.45, 7) is 0. The van der Waals surface area contributed by atoms with Gasteiger partial charge in [0.2, 0.25) is 5.91 Å². The van der Waals surface area contributed by atoms with Gasteiger partial charge >= 0.3 is 0 Å². The number of para-hydroxylation sites is 2. The Labute approximate surface area is 186 Å². The summed E-state index contributed by atoms with van der Waals surface area (Å²) in [5.74, 6) is 1.35. The van der Waals surface area contributed by atoms with E-state index >= 15 is 0 Å². The second-order valence-corrected chi connectivity index (χ2v) is 8.46. The lowest BCUT2D eigenvalue weighted by atomic mass is 10.3. The summed E-state index contributed by atoms with van der Waals surface area (Å²) in [5, 5.41) is 14.8. The summed E-state index contributed by atoms with van der Waals surface area (Å²) in [5.41, 5.74) is 1.50. The first-order chi connectivity index (χ1) is 14.7. The first kappa shape index (κ1) is 20.5. The van der Waals surface area contributed by atoms with Crippen molar-refractivity contribution in [2.45, 2.75) is 5.16 Å². The van der Waals surface area contributed by atoms with Crippen molar-refractivity contribution >= 4 is 46.3 Å². The molecule has 0 radical (unpaired) electrons. The predicted octanol–water partition coefficient (Wildman–Crippen LogP) is 5.39. The van der Waals surface area contributed by atoms with Gasteiger partial charge in [0, 0.05) is 10.7 Å². The van der Waals surface area contributed by atoms with E-state index in [1.165, 1.54) is 11.8 Å². The fraction of sp³-hybridized carbons (Fsp3) is 0.0952. The first-order valence-corrected chi connectivity index (χ1v) is 11.2. The quantitative estimate of drug-likeness (QED) is 0.377. The molecule has 0 unspecified atom stereocenters. The number of carbonyl (C=O) groups is 1. The average molecular weight is 457 g/mol. The van der Waals surface area contributed by atoms with Gasteiger partial charge in [0.05, 0.1) is 23.4 Å². The maximum absolute atomic E-state index is 12.5. The van der Waals surface area contributed by atoms with E-state index in [0.29, 0.717) is 21.6 Å². The van der Waals surface area contributed by atoms with Crippen LogP contribution in [0.25, 0.3) is 16.4 Å². The molecule has 0 aliphatic heterocycles. The van der Waals surface area contributed by atoms with Gasteiger partial charge in [0.1, 0.15) is 5.75 Å². The number of carbonyl (C=O) groups excluding carboxylic acids is 1. The number of methoxy groups -OCH3 is 1. The van der Waals surface area contributed by atoms with Crippen LogP contribution in [0.2, 0.25) is 5.02 Å². The Hall–Kier alpha value is -2.81. The van der Waals surface area contributed by atoms with Crippen LogP contribution in [0.15, 0.2) is 71.2 Å². The van der Waals surface area contributed by atoms with Crippen LogP contribution >= 0.6 is 34.7 Å². The zero-order valence-corrected chi connectivity index (χ0v) is 18.3. The number of nitrogens with zero attached hydrogens (tertiary/aromatic N) is 3. The molecular weight excluding hydrogens is 440 g/mol. The van der Waals surface area contributed by atoms with Gasteiger partial charge in [-0.25, -0.2) is 0 Å². The lowest BCUT2D eigenvalue weighted by molar-refractivity contribution is -0.113. The minimum absolute atomic E-state index is 0.159. The number of rotatable bonds is 7. The topological polar surface area (TPSA) is 69.0 Å². The third-order valence-corrected chi connectivity index (χ3v) is 6.22. The summed E-state index contributed by atoms with van der Waals surface area (Å²) >= 11 is 8.94. The smallest absolute Gasteiger partial charge is 0.234 e. The van der Waals surface area contributed by atoms with Crippen molar-refractivity contribution in [3.8, 4) is 22.1 Å². The zero-order valence-electron chi connectivity index (χ0n) is 15.9. The Balaban J connectivity index is 1.57. The molecule has 0 atom stereocenters. The van der Waals surface area contributed by atoms with Crippen LogP contribution in [0.1, 0.15) is 0 Å². The molecule has 0 aliphatic rings. The van der Waals surface area contributed by atoms with Crippen molar-refractivity contribution in [3.63, 3.8) is 0 Å². The van der Waals surface area contributed by atoms with E-state index in [1.54, 1.807) is 30.6 Å². The van der Waals surface area contributed by atoms with Gasteiger partial charge < -0.3 is 10.1 Å². The molecule has 6 nitrogen and oxygen atoms in total. The first-order valence-electron chi connectivity index (χ1n) is 8.96. The number of hydrogen-bond donors (Lipinski definition) is 1. The molecule has 0 aliphatic carbocycles. The molecule has 30 heavy (non-hydrogen) atoms. The van der Waals surface area contributed by atoms with Crippen LogP contribution in [0.4, 0.5) is 5.69 Å². The molecule has 0 bridgehead atoms. The molecule has 1 amide bonds. The largest absolute Gasteiger partial charge is 0.495 e. The highest BCUT2D eigenvalue weighted by atomic mass is 35.5. The monoisotopic (exact) mass is 456 g/mol. The van der Waals surface area contributed by atoms with Gasteiger partial charge in [-0.1, -0.05) is 41.6 Å². The number of thioether (sulfide) groups is 1. The summed E-state index contributed by atoms with van der Waals surface area (Å²) in [4.78, 5) is 13.5. The Morgan fingerprint density at radius 2 is 1.93 bits per heavy atom. The Bertz CT molecular complexity index is 1140. The second kappa shape index (κ2) is 9.34. The van der Waals surface area contributed by atoms with Crippen LogP contribution in [0, 0.1) is 0 Å². The number of nitrogens with one attached hydrogen (secondary N) is 1. The van der Waals surface area contributed by atoms with E-state index in [0.717, 1.165) is 16.4 Å². The lowest BCUT2D eigenvalue weighted by Crippen LogP contribution is -2.15. The van der Waals surface area contributed by atoms with E-state index in [1.807, 2.05) is 58.5 Å². The normalized spacial score (nSPS) is 10.7. The van der Waals surface area contributed by atoms with Crippen LogP contribution in [0.5, 0.6) is 5.75 Å². The van der Waals surface area contributed by atoms with Crippen molar-refractivity contribution in [1.29, 1.82) is 0 Å². The molecule has 0 saturated heterocycles. The number of halogens is 1. The molecule has 4 aromatic rings. The molecule has 9 heteroatoms. The van der Waals surface area contributed by atoms with E-state index in [-0.39, 0.29) is 11.7 Å². The average Bonchev–Trinajstić information content (AvgIpc) is 3.43. The summed E-state index contributed by atoms with van der Waals surface area (Å²) in [6.07, 6.45) is 0. The minimum atomic E-state index is -0.159. The molecule has 0 fully saturated rings. The van der Waals surface area contributed by atoms with Gasteiger partial charge in [-0.05, 0) is 47.8 Å². The standard InChI is InChI=1S/C21H17ClN4O2S2/c1-28-17-6-3-2-5-16(17)23-19(27)13-30-21-25-24-20(18-7-4-12-29-18)26(21)15-10-8-14(22)9-11-15/h2-12H,13H2,1H3,(H,23,27). The van der Waals surface area contributed by atoms with Crippen molar-refractivity contribution in [2.24, 2.45) is 0 Å². The van der Waals surface area contributed by atoms with Crippen LogP contribution in [-0.4, -0.2) is 33.5 Å². The number of amides is 1. The number of aromatic nitrogens is 3. The third kappa shape index (κ3) is 4.51. The zero-order chi connectivity index (χ0) is 20.9. The summed E-state index contributed by atoms with van der Waals surface area (Å²) in [7, 11) is 1.57. The predicted molar refractivity (Wildman–Crippen MR) is 122 cm³/mol. The van der Waals surface area contributed by atoms with Crippen LogP contribution in [-0.2, 0) is 4.79 Å². The molecule has 2 aromatic carbocycles. The van der Waals surface area contributed by atoms with Gasteiger partial charge in [0.25, 0.3) is 0 Å². The van der Waals surface area contributed by atoms with Crippen LogP contribution < -0.4 is 10.1 Å². The van der Waals surface area contributed by atoms with Gasteiger partial charge in [-0.3, -0.25) is 9.36 Å². The van der Waals surface area contributed by atoms with E-state index < -0.39 is 0 Å². The fourth-order valence-electron chi connectivity index (χ4n) is 2.82. The molecule has 0 saturated carbocycles. The molecule has 152 valence electrons. The molecule has 2 aromatic heterocycles. The van der Waals surface area contributed by atoms with Crippen molar-refractivity contribution in [1.82, 2.24) is 14.8 Å². The van der Waals surface area contributed by atoms with Crippen LogP contribution in [0.3, 0.4) is 0 Å².